The van der Waals surface area contributed by atoms with E-state index in [0.29, 0.717) is 17.6 Å². The molecule has 0 amide bonds. The molecule has 13 heavy (non-hydrogen) atoms. The Bertz CT molecular complexity index is 246. The maximum Gasteiger partial charge on any atom is 0.141 e. The monoisotopic (exact) mass is 201 g/mol. The molecule has 1 fully saturated rings. The van der Waals surface area contributed by atoms with E-state index in [1.807, 2.05) is 0 Å². The minimum atomic E-state index is -0.888. The molecule has 1 aliphatic carbocycles. The molecule has 3 nitrogen and oxygen atoms in total. The summed E-state index contributed by atoms with van der Waals surface area (Å²) in [7, 11) is -0.888. The van der Waals surface area contributed by atoms with Crippen molar-refractivity contribution in [2.24, 2.45) is 11.1 Å². The molecule has 2 unspecified atom stereocenters. The van der Waals surface area contributed by atoms with Gasteiger partial charge in [0.15, 0.2) is 0 Å². The quantitative estimate of drug-likeness (QED) is 0.647. The van der Waals surface area contributed by atoms with Crippen LogP contribution in [0.5, 0.6) is 0 Å². The molecular weight excluding hydrogens is 186 g/mol. The molecule has 0 radical (unpaired) electrons. The first-order valence-electron chi connectivity index (χ1n) is 4.86. The van der Waals surface area contributed by atoms with E-state index >= 15 is 0 Å². The van der Waals surface area contributed by atoms with Crippen molar-refractivity contribution >= 4 is 15.8 Å². The highest BCUT2D eigenvalue weighted by atomic mass is 32.2. The van der Waals surface area contributed by atoms with Gasteiger partial charge in [0.1, 0.15) is 11.7 Å². The van der Waals surface area contributed by atoms with E-state index < -0.39 is 10.8 Å². The van der Waals surface area contributed by atoms with Crippen molar-refractivity contribution < 1.29 is 9.05 Å². The number of hydrogen-bond acceptors (Lipinski definition) is 3. The Hall–Kier alpha value is -0.380. The van der Waals surface area contributed by atoms with Gasteiger partial charge in [-0.1, -0.05) is 18.0 Å². The van der Waals surface area contributed by atoms with E-state index in [4.69, 9.17) is 4.84 Å². The topological polar surface area (TPSA) is 38.7 Å². The summed E-state index contributed by atoms with van der Waals surface area (Å²) in [5.74, 6) is 0.603. The highest BCUT2D eigenvalue weighted by Gasteiger charge is 2.33. The molecule has 0 bridgehead atoms. The largest absolute Gasteiger partial charge is 0.394 e. The molecule has 2 rings (SSSR count). The van der Waals surface area contributed by atoms with Gasteiger partial charge in [0, 0.05) is 0 Å². The van der Waals surface area contributed by atoms with E-state index in [0.717, 1.165) is 0 Å². The first kappa shape index (κ1) is 9.19. The summed E-state index contributed by atoms with van der Waals surface area (Å²) in [6.45, 7) is 2.34. The van der Waals surface area contributed by atoms with Gasteiger partial charge in [-0.3, -0.25) is 4.21 Å². The highest BCUT2D eigenvalue weighted by Crippen LogP contribution is 2.31. The van der Waals surface area contributed by atoms with Crippen LogP contribution in [-0.2, 0) is 15.6 Å². The zero-order valence-corrected chi connectivity index (χ0v) is 8.68. The van der Waals surface area contributed by atoms with Crippen LogP contribution in [0, 0.1) is 5.92 Å². The fourth-order valence-electron chi connectivity index (χ4n) is 2.16. The summed E-state index contributed by atoms with van der Waals surface area (Å²) < 4.78 is 11.8. The second kappa shape index (κ2) is 3.78. The first-order valence-corrected chi connectivity index (χ1v) is 6.07. The van der Waals surface area contributed by atoms with Crippen LogP contribution >= 0.6 is 0 Å². The van der Waals surface area contributed by atoms with Crippen LogP contribution in [0.3, 0.4) is 0 Å². The van der Waals surface area contributed by atoms with Crippen molar-refractivity contribution in [3.8, 4) is 0 Å². The second-order valence-electron chi connectivity index (χ2n) is 3.79. The van der Waals surface area contributed by atoms with Crippen LogP contribution in [-0.4, -0.2) is 21.1 Å². The molecule has 74 valence electrons. The van der Waals surface area contributed by atoms with Crippen molar-refractivity contribution in [1.29, 1.82) is 0 Å². The maximum atomic E-state index is 11.8. The molecule has 0 aromatic rings. The lowest BCUT2D eigenvalue weighted by atomic mass is 10.0. The minimum Gasteiger partial charge on any atom is -0.394 e. The summed E-state index contributed by atoms with van der Waals surface area (Å²) >= 11 is 0. The van der Waals surface area contributed by atoms with E-state index in [2.05, 4.69) is 5.16 Å². The van der Waals surface area contributed by atoms with Crippen LogP contribution < -0.4 is 0 Å². The van der Waals surface area contributed by atoms with E-state index in [9.17, 15) is 4.21 Å². The van der Waals surface area contributed by atoms with Gasteiger partial charge in [-0.2, -0.15) is 0 Å². The van der Waals surface area contributed by atoms with E-state index in [1.54, 1.807) is 6.92 Å². The molecule has 0 aromatic carbocycles. The maximum absolute atomic E-state index is 11.8. The van der Waals surface area contributed by atoms with E-state index in [-0.39, 0.29) is 5.25 Å². The van der Waals surface area contributed by atoms with Crippen LogP contribution in [0.4, 0.5) is 0 Å². The number of rotatable bonds is 1. The van der Waals surface area contributed by atoms with Crippen molar-refractivity contribution in [2.45, 2.75) is 37.9 Å². The Labute approximate surface area is 81.0 Å². The molecular formula is C9H15NO2S. The molecule has 2 aliphatic rings. The number of oxime groups is 1. The lowest BCUT2D eigenvalue weighted by Crippen LogP contribution is -2.34. The van der Waals surface area contributed by atoms with Gasteiger partial charge < -0.3 is 4.84 Å². The zero-order valence-electron chi connectivity index (χ0n) is 7.86. The Morgan fingerprint density at radius 3 is 2.85 bits per heavy atom. The molecule has 1 heterocycles. The van der Waals surface area contributed by atoms with Gasteiger partial charge >= 0.3 is 0 Å². The van der Waals surface area contributed by atoms with Gasteiger partial charge in [0.2, 0.25) is 0 Å². The number of nitrogens with zero attached hydrogens (tertiary/aromatic N) is 1. The molecule has 0 N–H and O–H groups in total. The first-order chi connectivity index (χ1) is 6.29. The highest BCUT2D eigenvalue weighted by molar-refractivity contribution is 8.01. The normalized spacial score (nSPS) is 35.6. The van der Waals surface area contributed by atoms with E-state index in [1.165, 1.54) is 25.7 Å². The van der Waals surface area contributed by atoms with Crippen LogP contribution in [0.15, 0.2) is 5.16 Å². The minimum absolute atomic E-state index is 0.208. The molecule has 0 aromatic heterocycles. The fraction of sp³-hybridized carbons (Fsp3) is 0.889. The summed E-state index contributed by atoms with van der Waals surface area (Å²) in [6, 6.07) is 0. The van der Waals surface area contributed by atoms with Crippen molar-refractivity contribution in [3.63, 3.8) is 0 Å². The summed E-state index contributed by atoms with van der Waals surface area (Å²) in [4.78, 5) is 5.07. The summed E-state index contributed by atoms with van der Waals surface area (Å²) in [5, 5.41) is 4.61. The Morgan fingerprint density at radius 1 is 1.46 bits per heavy atom. The van der Waals surface area contributed by atoms with Gasteiger partial charge in [-0.05, 0) is 25.7 Å². The summed E-state index contributed by atoms with van der Waals surface area (Å²) in [5.41, 5.74) is 0. The Balaban J connectivity index is 2.07. The lowest BCUT2D eigenvalue weighted by Gasteiger charge is -2.24. The van der Waals surface area contributed by atoms with Crippen molar-refractivity contribution in [1.82, 2.24) is 0 Å². The van der Waals surface area contributed by atoms with Gasteiger partial charge in [0.05, 0.1) is 16.0 Å². The van der Waals surface area contributed by atoms with Crippen molar-refractivity contribution in [2.75, 3.05) is 6.61 Å². The van der Waals surface area contributed by atoms with Gasteiger partial charge in [-0.25, -0.2) is 0 Å². The Kier molecular flexibility index (Phi) is 2.67. The third-order valence-corrected chi connectivity index (χ3v) is 4.65. The second-order valence-corrected chi connectivity index (χ2v) is 5.58. The van der Waals surface area contributed by atoms with Crippen LogP contribution in [0.1, 0.15) is 32.6 Å². The smallest absolute Gasteiger partial charge is 0.141 e. The van der Waals surface area contributed by atoms with Crippen LogP contribution in [0.25, 0.3) is 0 Å². The standard InChI is InChI=1S/C9H15NO2S/c1-7-10-12-6-9(13(7)11)8-4-2-3-5-8/h8-9H,2-6H2,1H3. The predicted octanol–water partition coefficient (Wildman–Crippen LogP) is 1.66. The molecule has 0 spiro atoms. The third kappa shape index (κ3) is 1.77. The molecule has 0 saturated heterocycles. The SMILES string of the molecule is CC1=NOCC(C2CCCC2)S1=O. The molecule has 4 heteroatoms. The number of hydrogen-bond donors (Lipinski definition) is 0. The third-order valence-electron chi connectivity index (χ3n) is 2.92. The Morgan fingerprint density at radius 2 is 2.15 bits per heavy atom. The zero-order chi connectivity index (χ0) is 9.26. The summed E-state index contributed by atoms with van der Waals surface area (Å²) in [6.07, 6.45) is 5.00. The molecule has 1 saturated carbocycles. The van der Waals surface area contributed by atoms with Crippen molar-refractivity contribution in [3.05, 3.63) is 0 Å². The lowest BCUT2D eigenvalue weighted by molar-refractivity contribution is 0.129. The van der Waals surface area contributed by atoms with Crippen LogP contribution in [0.2, 0.25) is 0 Å². The fourth-order valence-corrected chi connectivity index (χ4v) is 3.53. The average molecular weight is 201 g/mol. The molecule has 2 atom stereocenters. The molecule has 1 aliphatic heterocycles. The van der Waals surface area contributed by atoms with Gasteiger partial charge in [-0.15, -0.1) is 0 Å². The van der Waals surface area contributed by atoms with Gasteiger partial charge in [0.25, 0.3) is 0 Å². The average Bonchev–Trinajstić information content (AvgIpc) is 2.62. The predicted molar refractivity (Wildman–Crippen MR) is 52.9 cm³/mol.